The van der Waals surface area contributed by atoms with Crippen molar-refractivity contribution in [1.29, 1.82) is 0 Å². The van der Waals surface area contributed by atoms with Gasteiger partial charge >= 0.3 is 0 Å². The molecule has 1 saturated heterocycles. The van der Waals surface area contributed by atoms with Crippen molar-refractivity contribution in [3.63, 3.8) is 0 Å². The van der Waals surface area contributed by atoms with Crippen LogP contribution in [0.1, 0.15) is 22.4 Å². The van der Waals surface area contributed by atoms with E-state index in [1.165, 1.54) is 4.57 Å². The number of aliphatic hydroxyl groups excluding tert-OH is 2. The van der Waals surface area contributed by atoms with E-state index in [2.05, 4.69) is 32.9 Å². The molecule has 164 valence electrons. The molecular weight excluding hydrogens is 424 g/mol. The molecular formula is C19H22N6O5S. The minimum absolute atomic E-state index is 0.0460. The number of hydrogen-bond acceptors (Lipinski definition) is 9. The number of nitrogens with zero attached hydrogens (tertiary/aromatic N) is 3. The van der Waals surface area contributed by atoms with Crippen molar-refractivity contribution in [2.75, 3.05) is 18.9 Å². The Kier molecular flexibility index (Phi) is 5.96. The molecule has 6 N–H and O–H groups in total. The van der Waals surface area contributed by atoms with Crippen molar-refractivity contribution >= 4 is 35.6 Å². The van der Waals surface area contributed by atoms with E-state index in [0.29, 0.717) is 11.4 Å². The number of ether oxygens (including phenoxy) is 1. The van der Waals surface area contributed by atoms with Gasteiger partial charge in [-0.15, -0.1) is 0 Å². The van der Waals surface area contributed by atoms with Gasteiger partial charge in [0.2, 0.25) is 5.95 Å². The lowest BCUT2D eigenvalue weighted by molar-refractivity contribution is -0.0438. The highest BCUT2D eigenvalue weighted by atomic mass is 32.1. The molecule has 2 aromatic heterocycles. The molecule has 1 fully saturated rings. The summed E-state index contributed by atoms with van der Waals surface area (Å²) in [6, 6.07) is 8.75. The topological polar surface area (TPSA) is 168 Å². The molecule has 4 rings (SSSR count). The van der Waals surface area contributed by atoms with Crippen LogP contribution in [-0.4, -0.2) is 66.2 Å². The van der Waals surface area contributed by atoms with Gasteiger partial charge in [-0.3, -0.25) is 19.1 Å². The third-order valence-electron chi connectivity index (χ3n) is 5.08. The molecule has 0 bridgehead atoms. The summed E-state index contributed by atoms with van der Waals surface area (Å²) in [5.74, 6) is 0.0424. The number of carbonyl (C=O) groups is 1. The van der Waals surface area contributed by atoms with Gasteiger partial charge in [-0.25, -0.2) is 4.98 Å². The minimum Gasteiger partial charge on any atom is -0.394 e. The molecule has 3 aromatic rings. The first-order valence-electron chi connectivity index (χ1n) is 9.63. The summed E-state index contributed by atoms with van der Waals surface area (Å²) >= 11 is 4.43. The predicted molar refractivity (Wildman–Crippen MR) is 115 cm³/mol. The SMILES string of the molecule is Nc1nc2c(nc(CCNC(=O)c3ccccc3)n2[C@@H]2O[C@H](CO)[C@@H](O)[C@H]2S)c(=O)[nH]1. The van der Waals surface area contributed by atoms with E-state index >= 15 is 0 Å². The van der Waals surface area contributed by atoms with Crippen LogP contribution in [0.4, 0.5) is 5.95 Å². The van der Waals surface area contributed by atoms with Crippen LogP contribution in [0.3, 0.4) is 0 Å². The van der Waals surface area contributed by atoms with Crippen LogP contribution in [0, 0.1) is 0 Å². The molecule has 0 spiro atoms. The summed E-state index contributed by atoms with van der Waals surface area (Å²) in [4.78, 5) is 35.6. The summed E-state index contributed by atoms with van der Waals surface area (Å²) in [5.41, 5.74) is 5.91. The normalized spacial score (nSPS) is 23.3. The number of H-pyrrole nitrogens is 1. The van der Waals surface area contributed by atoms with E-state index in [4.69, 9.17) is 10.5 Å². The van der Waals surface area contributed by atoms with Crippen molar-refractivity contribution in [3.8, 4) is 0 Å². The van der Waals surface area contributed by atoms with Crippen LogP contribution >= 0.6 is 12.6 Å². The number of rotatable bonds is 6. The fourth-order valence-electron chi connectivity index (χ4n) is 3.56. The number of amides is 1. The Hall–Kier alpha value is -2.93. The van der Waals surface area contributed by atoms with Crippen molar-refractivity contribution in [3.05, 3.63) is 52.1 Å². The summed E-state index contributed by atoms with van der Waals surface area (Å²) in [6.07, 6.45) is -2.50. The van der Waals surface area contributed by atoms with Crippen molar-refractivity contribution in [2.45, 2.75) is 30.1 Å². The monoisotopic (exact) mass is 446 g/mol. The number of nitrogens with two attached hydrogens (primary N) is 1. The smallest absolute Gasteiger partial charge is 0.280 e. The van der Waals surface area contributed by atoms with Crippen LogP contribution in [0.25, 0.3) is 11.2 Å². The number of nitrogen functional groups attached to an aromatic ring is 1. The third kappa shape index (κ3) is 4.02. The molecule has 0 unspecified atom stereocenters. The van der Waals surface area contributed by atoms with Gasteiger partial charge in [0.1, 0.15) is 11.9 Å². The fraction of sp³-hybridized carbons (Fsp3) is 0.368. The number of imidazole rings is 1. The Morgan fingerprint density at radius 3 is 2.74 bits per heavy atom. The molecule has 31 heavy (non-hydrogen) atoms. The van der Waals surface area contributed by atoms with E-state index in [9.17, 15) is 19.8 Å². The Balaban J connectivity index is 1.65. The first kappa shape index (κ1) is 21.3. The quantitative estimate of drug-likeness (QED) is 0.268. The first-order chi connectivity index (χ1) is 14.9. The molecule has 12 heteroatoms. The zero-order chi connectivity index (χ0) is 22.1. The second kappa shape index (κ2) is 8.67. The van der Waals surface area contributed by atoms with Gasteiger partial charge in [-0.05, 0) is 12.1 Å². The molecule has 0 aliphatic carbocycles. The first-order valence-corrected chi connectivity index (χ1v) is 10.1. The number of anilines is 1. The highest BCUT2D eigenvalue weighted by Gasteiger charge is 2.44. The largest absolute Gasteiger partial charge is 0.394 e. The second-order valence-electron chi connectivity index (χ2n) is 7.12. The maximum atomic E-state index is 12.3. The Morgan fingerprint density at radius 2 is 2.06 bits per heavy atom. The minimum atomic E-state index is -1.04. The van der Waals surface area contributed by atoms with Crippen molar-refractivity contribution < 1.29 is 19.7 Å². The van der Waals surface area contributed by atoms with Gasteiger partial charge in [-0.2, -0.15) is 17.6 Å². The third-order valence-corrected chi connectivity index (χ3v) is 5.64. The van der Waals surface area contributed by atoms with E-state index in [-0.39, 0.29) is 36.0 Å². The molecule has 3 heterocycles. The van der Waals surface area contributed by atoms with Crippen LogP contribution in [0.15, 0.2) is 35.1 Å². The number of carbonyl (C=O) groups excluding carboxylic acids is 1. The van der Waals surface area contributed by atoms with Crippen molar-refractivity contribution in [1.82, 2.24) is 24.8 Å². The van der Waals surface area contributed by atoms with Gasteiger partial charge in [0.15, 0.2) is 17.4 Å². The summed E-state index contributed by atoms with van der Waals surface area (Å²) < 4.78 is 7.30. The van der Waals surface area contributed by atoms with E-state index in [1.54, 1.807) is 24.3 Å². The van der Waals surface area contributed by atoms with Crippen molar-refractivity contribution in [2.24, 2.45) is 0 Å². The zero-order valence-corrected chi connectivity index (χ0v) is 17.2. The molecule has 1 aromatic carbocycles. The predicted octanol–water partition coefficient (Wildman–Crippen LogP) is -0.777. The molecule has 1 amide bonds. The molecule has 0 saturated carbocycles. The number of aromatic nitrogens is 4. The van der Waals surface area contributed by atoms with Crippen LogP contribution < -0.4 is 16.6 Å². The van der Waals surface area contributed by atoms with Gasteiger partial charge in [0, 0.05) is 18.5 Å². The number of thiol groups is 1. The maximum Gasteiger partial charge on any atom is 0.280 e. The summed E-state index contributed by atoms with van der Waals surface area (Å²) in [7, 11) is 0. The van der Waals surface area contributed by atoms with Gasteiger partial charge < -0.3 is 26.0 Å². The number of fused-ring (bicyclic) bond motifs is 1. The van der Waals surface area contributed by atoms with E-state index in [0.717, 1.165) is 0 Å². The molecule has 11 nitrogen and oxygen atoms in total. The number of benzene rings is 1. The van der Waals surface area contributed by atoms with E-state index in [1.807, 2.05) is 6.07 Å². The number of aromatic amines is 1. The molecule has 4 atom stereocenters. The van der Waals surface area contributed by atoms with E-state index < -0.39 is 35.9 Å². The summed E-state index contributed by atoms with van der Waals surface area (Å²) in [6.45, 7) is -0.180. The van der Waals surface area contributed by atoms with Crippen LogP contribution in [0.5, 0.6) is 0 Å². The van der Waals surface area contributed by atoms with Crippen LogP contribution in [0.2, 0.25) is 0 Å². The lowest BCUT2D eigenvalue weighted by Gasteiger charge is -2.20. The lowest BCUT2D eigenvalue weighted by atomic mass is 10.2. The zero-order valence-electron chi connectivity index (χ0n) is 16.3. The summed E-state index contributed by atoms with van der Waals surface area (Å²) in [5, 5.41) is 21.9. The van der Waals surface area contributed by atoms with Gasteiger partial charge in [-0.1, -0.05) is 18.2 Å². The lowest BCUT2D eigenvalue weighted by Crippen LogP contribution is -2.30. The highest BCUT2D eigenvalue weighted by Crippen LogP contribution is 2.35. The van der Waals surface area contributed by atoms with Gasteiger partial charge in [0.05, 0.1) is 18.0 Å². The molecule has 0 radical (unpaired) electrons. The highest BCUT2D eigenvalue weighted by molar-refractivity contribution is 7.81. The standard InChI is InChI=1S/C19H22N6O5S/c20-19-23-15-12(17(29)24-19)22-11(6-7-21-16(28)9-4-2-1-3-5-9)25(15)18-14(31)13(27)10(8-26)30-18/h1-5,10,13-14,18,26-27,31H,6-8H2,(H,21,28)(H3,20,23,24,29)/t10-,13-,14-,18-/m1/s1. The maximum absolute atomic E-state index is 12.3. The number of nitrogens with one attached hydrogen (secondary N) is 2. The molecule has 1 aliphatic rings. The van der Waals surface area contributed by atoms with Crippen LogP contribution in [-0.2, 0) is 11.2 Å². The Morgan fingerprint density at radius 1 is 1.32 bits per heavy atom. The van der Waals surface area contributed by atoms with Gasteiger partial charge in [0.25, 0.3) is 11.5 Å². The molecule has 1 aliphatic heterocycles. The number of hydrogen-bond donors (Lipinski definition) is 6. The average molecular weight is 446 g/mol. The Labute approximate surface area is 181 Å². The Bertz CT molecular complexity index is 1150. The number of aliphatic hydroxyl groups is 2. The average Bonchev–Trinajstić information content (AvgIpc) is 3.25. The second-order valence-corrected chi connectivity index (χ2v) is 7.72. The fourth-order valence-corrected chi connectivity index (χ4v) is 3.96.